The number of esters is 3. The molecule has 3 aliphatic heterocycles. The molecule has 3 aliphatic carbocycles. The Labute approximate surface area is 236 Å². The summed E-state index contributed by atoms with van der Waals surface area (Å²) in [4.78, 5) is 37.3. The first-order chi connectivity index (χ1) is 18.7. The quantitative estimate of drug-likeness (QED) is 0.237. The largest absolute Gasteiger partial charge is 0.462 e. The highest BCUT2D eigenvalue weighted by molar-refractivity contribution is 5.88. The van der Waals surface area contributed by atoms with Gasteiger partial charge in [-0.2, -0.15) is 0 Å². The average molecular weight is 555 g/mol. The van der Waals surface area contributed by atoms with Crippen LogP contribution in [0.1, 0.15) is 80.6 Å². The third-order valence-electron chi connectivity index (χ3n) is 11.7. The van der Waals surface area contributed by atoms with E-state index in [4.69, 9.17) is 18.9 Å². The van der Waals surface area contributed by atoms with Gasteiger partial charge in [0.1, 0.15) is 29.5 Å². The third kappa shape index (κ3) is 3.67. The van der Waals surface area contributed by atoms with Crippen LogP contribution in [0.5, 0.6) is 0 Å². The first kappa shape index (κ1) is 27.7. The van der Waals surface area contributed by atoms with E-state index in [1.165, 1.54) is 13.0 Å². The monoisotopic (exact) mass is 554 g/mol. The van der Waals surface area contributed by atoms with Gasteiger partial charge in [-0.25, -0.2) is 9.59 Å². The molecule has 40 heavy (non-hydrogen) atoms. The van der Waals surface area contributed by atoms with E-state index in [0.29, 0.717) is 37.7 Å². The van der Waals surface area contributed by atoms with Gasteiger partial charge in [0.05, 0.1) is 6.10 Å². The van der Waals surface area contributed by atoms with Gasteiger partial charge in [0.15, 0.2) is 0 Å². The molecule has 0 bridgehead atoms. The lowest BCUT2D eigenvalue weighted by Gasteiger charge is -2.54. The minimum absolute atomic E-state index is 0.00537. The molecule has 1 saturated heterocycles. The fourth-order valence-electron chi connectivity index (χ4n) is 9.48. The molecule has 0 aromatic rings. The lowest BCUT2D eigenvalue weighted by atomic mass is 9.51. The molecule has 3 heterocycles. The molecule has 2 fully saturated rings. The van der Waals surface area contributed by atoms with Crippen molar-refractivity contribution in [2.75, 3.05) is 0 Å². The van der Waals surface area contributed by atoms with Gasteiger partial charge in [-0.3, -0.25) is 4.79 Å². The van der Waals surface area contributed by atoms with E-state index in [1.807, 2.05) is 26.0 Å². The van der Waals surface area contributed by atoms with E-state index in [1.54, 1.807) is 6.92 Å². The molecule has 0 unspecified atom stereocenters. The molecular formula is C32H42O8. The predicted octanol–water partition coefficient (Wildman–Crippen LogP) is 4.35. The van der Waals surface area contributed by atoms with Gasteiger partial charge in [0.25, 0.3) is 0 Å². The van der Waals surface area contributed by atoms with Crippen molar-refractivity contribution in [3.63, 3.8) is 0 Å². The van der Waals surface area contributed by atoms with Gasteiger partial charge in [-0.1, -0.05) is 32.4 Å². The Balaban J connectivity index is 1.44. The summed E-state index contributed by atoms with van der Waals surface area (Å²) in [5, 5.41) is 11.9. The maximum Gasteiger partial charge on any atom is 0.333 e. The zero-order valence-corrected chi connectivity index (χ0v) is 24.6. The number of fused-ring (bicyclic) bond motifs is 3. The Morgan fingerprint density at radius 3 is 2.60 bits per heavy atom. The number of hydrogen-bond donors (Lipinski definition) is 1. The molecule has 0 aromatic heterocycles. The summed E-state index contributed by atoms with van der Waals surface area (Å²) < 4.78 is 24.3. The number of hydrogen-bond acceptors (Lipinski definition) is 8. The number of cyclic esters (lactones) is 2. The van der Waals surface area contributed by atoms with Crippen LogP contribution in [-0.4, -0.2) is 58.6 Å². The first-order valence-electron chi connectivity index (χ1n) is 14.7. The van der Waals surface area contributed by atoms with Crippen LogP contribution in [0.3, 0.4) is 0 Å². The van der Waals surface area contributed by atoms with Crippen molar-refractivity contribution in [3.05, 3.63) is 34.9 Å². The molecule has 8 heteroatoms. The fraction of sp³-hybridized carbons (Fsp3) is 0.719. The van der Waals surface area contributed by atoms with Gasteiger partial charge in [-0.05, 0) is 75.4 Å². The van der Waals surface area contributed by atoms with E-state index >= 15 is 0 Å². The number of carbonyl (C=O) groups excluding carboxylic acids is 3. The van der Waals surface area contributed by atoms with Gasteiger partial charge >= 0.3 is 17.9 Å². The number of aliphatic hydroxyl groups excluding tert-OH is 1. The molecule has 0 aromatic carbocycles. The Bertz CT molecular complexity index is 1260. The van der Waals surface area contributed by atoms with Crippen molar-refractivity contribution in [3.8, 4) is 0 Å². The lowest BCUT2D eigenvalue weighted by Crippen LogP contribution is -2.52. The number of carbonyl (C=O) groups is 3. The van der Waals surface area contributed by atoms with Crippen LogP contribution < -0.4 is 0 Å². The van der Waals surface area contributed by atoms with Crippen molar-refractivity contribution in [1.29, 1.82) is 0 Å². The van der Waals surface area contributed by atoms with E-state index in [0.717, 1.165) is 11.1 Å². The smallest absolute Gasteiger partial charge is 0.333 e. The fourth-order valence-corrected chi connectivity index (χ4v) is 9.48. The Morgan fingerprint density at radius 2 is 1.93 bits per heavy atom. The minimum Gasteiger partial charge on any atom is -0.462 e. The summed E-state index contributed by atoms with van der Waals surface area (Å²) in [5.74, 6) is -1.05. The second kappa shape index (κ2) is 8.78. The summed E-state index contributed by atoms with van der Waals surface area (Å²) in [6.45, 7) is 13.6. The molecule has 6 aliphatic rings. The van der Waals surface area contributed by atoms with Gasteiger partial charge in [-0.15, -0.1) is 0 Å². The average Bonchev–Trinajstić information content (AvgIpc) is 3.55. The van der Waals surface area contributed by atoms with E-state index in [-0.39, 0.29) is 47.9 Å². The van der Waals surface area contributed by atoms with E-state index in [2.05, 4.69) is 20.8 Å². The Kier molecular flexibility index (Phi) is 6.08. The molecule has 1 saturated carbocycles. The number of rotatable bonds is 3. The summed E-state index contributed by atoms with van der Waals surface area (Å²) in [7, 11) is 0. The van der Waals surface area contributed by atoms with Gasteiger partial charge in [0.2, 0.25) is 0 Å². The maximum absolute atomic E-state index is 12.5. The van der Waals surface area contributed by atoms with Crippen LogP contribution in [-0.2, 0) is 33.3 Å². The minimum atomic E-state index is -0.752. The van der Waals surface area contributed by atoms with Crippen LogP contribution in [0.15, 0.2) is 34.9 Å². The normalized spacial score (nSPS) is 45.9. The molecular weight excluding hydrogens is 512 g/mol. The van der Waals surface area contributed by atoms with Crippen LogP contribution in [0.2, 0.25) is 0 Å². The second-order valence-corrected chi connectivity index (χ2v) is 13.9. The molecule has 6 rings (SSSR count). The third-order valence-corrected chi connectivity index (χ3v) is 11.7. The number of ether oxygens (including phenoxy) is 4. The molecule has 0 amide bonds. The van der Waals surface area contributed by atoms with Gasteiger partial charge < -0.3 is 24.1 Å². The van der Waals surface area contributed by atoms with Crippen molar-refractivity contribution in [1.82, 2.24) is 0 Å². The highest BCUT2D eigenvalue weighted by atomic mass is 16.6. The number of aliphatic hydroxyl groups is 1. The molecule has 1 spiro atoms. The van der Waals surface area contributed by atoms with Crippen molar-refractivity contribution in [2.24, 2.45) is 28.6 Å². The zero-order chi connectivity index (χ0) is 29.0. The van der Waals surface area contributed by atoms with E-state index in [9.17, 15) is 19.5 Å². The summed E-state index contributed by atoms with van der Waals surface area (Å²) in [6.07, 6.45) is 6.62. The molecule has 0 radical (unpaired) electrons. The van der Waals surface area contributed by atoms with Crippen LogP contribution in [0, 0.1) is 28.6 Å². The topological polar surface area (TPSA) is 112 Å². The molecule has 218 valence electrons. The Morgan fingerprint density at radius 1 is 1.20 bits per heavy atom. The molecule has 8 nitrogen and oxygen atoms in total. The van der Waals surface area contributed by atoms with Crippen molar-refractivity contribution >= 4 is 17.9 Å². The lowest BCUT2D eigenvalue weighted by molar-refractivity contribution is -0.156. The molecule has 10 atom stereocenters. The molecule has 1 N–H and O–H groups in total. The summed E-state index contributed by atoms with van der Waals surface area (Å²) >= 11 is 0. The highest BCUT2D eigenvalue weighted by Gasteiger charge is 2.73. The van der Waals surface area contributed by atoms with Crippen molar-refractivity contribution in [2.45, 2.75) is 116 Å². The summed E-state index contributed by atoms with van der Waals surface area (Å²) in [5.41, 5.74) is 0.167. The van der Waals surface area contributed by atoms with Crippen LogP contribution >= 0.6 is 0 Å². The van der Waals surface area contributed by atoms with Crippen molar-refractivity contribution < 1.29 is 38.4 Å². The standard InChI is InChI=1S/C32H42O8/c1-16-8-10-22(38-28(16)36)17(2)20-14-24(37-18(3)33)31(7)19-9-11-23-29(4,5)39-25(35)12-13-32(23)27(40-32)26(19)21(34)15-30(20,31)6/h8,12-13,17,20-24,27,34H,9-11,14-15H2,1-7H3/t17-,20+,21-,22-,23-,24+,27-,30+,31+,32-/m0/s1. The van der Waals surface area contributed by atoms with Crippen LogP contribution in [0.25, 0.3) is 0 Å². The predicted molar refractivity (Wildman–Crippen MR) is 145 cm³/mol. The zero-order valence-electron chi connectivity index (χ0n) is 24.6. The van der Waals surface area contributed by atoms with Crippen LogP contribution in [0.4, 0.5) is 0 Å². The second-order valence-electron chi connectivity index (χ2n) is 13.9. The Hall–Kier alpha value is -2.45. The first-order valence-corrected chi connectivity index (χ1v) is 14.7. The maximum atomic E-state index is 12.5. The SMILES string of the molecule is CC(=O)O[C@@H]1C[C@H]([C@H](C)[C@@H]2CC=C(C)C(=O)O2)[C@@]2(C)C[C@H](O)C3=C(CC[C@H]4C(C)(C)OC(=O)C=C[C@]45O[C@@H]35)[C@]12C. The number of epoxide rings is 1. The van der Waals surface area contributed by atoms with Gasteiger partial charge in [0, 0.05) is 36.3 Å². The summed E-state index contributed by atoms with van der Waals surface area (Å²) in [6, 6.07) is 0. The highest BCUT2D eigenvalue weighted by Crippen LogP contribution is 2.71. The van der Waals surface area contributed by atoms with E-state index < -0.39 is 34.2 Å².